The molecule has 0 saturated carbocycles. The number of nitrogens with zero attached hydrogens (tertiary/aromatic N) is 1. The van der Waals surface area contributed by atoms with Crippen LogP contribution in [0.1, 0.15) is 15.2 Å². The molecule has 0 aliphatic heterocycles. The molecule has 0 radical (unpaired) electrons. The van der Waals surface area contributed by atoms with Crippen molar-refractivity contribution in [1.82, 2.24) is 0 Å². The van der Waals surface area contributed by atoms with Crippen molar-refractivity contribution in [2.45, 2.75) is 0 Å². The highest BCUT2D eigenvalue weighted by molar-refractivity contribution is 7.15. The van der Waals surface area contributed by atoms with Gasteiger partial charge in [-0.05, 0) is 35.9 Å². The molecule has 5 nitrogen and oxygen atoms in total. The van der Waals surface area contributed by atoms with Crippen LogP contribution in [0.4, 0.5) is 5.69 Å². The van der Waals surface area contributed by atoms with E-state index in [-0.39, 0.29) is 11.5 Å². The van der Waals surface area contributed by atoms with Crippen molar-refractivity contribution >= 4 is 28.9 Å². The number of thiophene rings is 1. The van der Waals surface area contributed by atoms with E-state index in [0.29, 0.717) is 9.94 Å². The number of rotatable bonds is 5. The normalized spacial score (nSPS) is 10.7. The number of benzene rings is 1. The summed E-state index contributed by atoms with van der Waals surface area (Å²) in [4.78, 5) is 22.5. The molecule has 0 unspecified atom stereocenters. The number of hydrogen-bond donors (Lipinski definition) is 0. The lowest BCUT2D eigenvalue weighted by atomic mass is 10.1. The Balaban J connectivity index is 2.08. The third-order valence-electron chi connectivity index (χ3n) is 2.56. The molecule has 0 bridgehead atoms. The Kier molecular flexibility index (Phi) is 4.27. The van der Waals surface area contributed by atoms with Gasteiger partial charge in [0, 0.05) is 12.1 Å². The molecule has 0 amide bonds. The first kappa shape index (κ1) is 14.0. The van der Waals surface area contributed by atoms with Gasteiger partial charge in [0.2, 0.25) is 0 Å². The molecule has 0 fully saturated rings. The summed E-state index contributed by atoms with van der Waals surface area (Å²) in [6.45, 7) is 0. The summed E-state index contributed by atoms with van der Waals surface area (Å²) in [5, 5.41) is 11.2. The highest BCUT2D eigenvalue weighted by Gasteiger charge is 2.06. The first-order chi connectivity index (χ1) is 9.60. The zero-order valence-corrected chi connectivity index (χ0v) is 11.4. The topological polar surface area (TPSA) is 69.4 Å². The van der Waals surface area contributed by atoms with Gasteiger partial charge >= 0.3 is 0 Å². The lowest BCUT2D eigenvalue weighted by Gasteiger charge is -1.94. The molecule has 20 heavy (non-hydrogen) atoms. The van der Waals surface area contributed by atoms with E-state index in [1.165, 1.54) is 29.5 Å². The van der Waals surface area contributed by atoms with Crippen LogP contribution in [0.2, 0.25) is 0 Å². The summed E-state index contributed by atoms with van der Waals surface area (Å²) in [6, 6.07) is 9.42. The van der Waals surface area contributed by atoms with Crippen molar-refractivity contribution in [2.24, 2.45) is 0 Å². The molecule has 0 saturated heterocycles. The maximum absolute atomic E-state index is 11.9. The molecule has 2 aromatic rings. The molecule has 0 spiro atoms. The lowest BCUT2D eigenvalue weighted by Crippen LogP contribution is -1.89. The van der Waals surface area contributed by atoms with E-state index in [0.717, 1.165) is 5.56 Å². The lowest BCUT2D eigenvalue weighted by molar-refractivity contribution is -0.384. The maximum Gasteiger partial charge on any atom is 0.269 e. The van der Waals surface area contributed by atoms with Crippen molar-refractivity contribution in [3.8, 4) is 5.06 Å². The van der Waals surface area contributed by atoms with Crippen molar-refractivity contribution in [3.05, 3.63) is 63.0 Å². The van der Waals surface area contributed by atoms with Gasteiger partial charge in [0.1, 0.15) is 0 Å². The zero-order valence-electron chi connectivity index (χ0n) is 10.6. The summed E-state index contributed by atoms with van der Waals surface area (Å²) < 4.78 is 5.02. The Hall–Kier alpha value is -2.47. The van der Waals surface area contributed by atoms with Crippen molar-refractivity contribution in [3.63, 3.8) is 0 Å². The molecule has 1 aromatic carbocycles. The predicted octanol–water partition coefficient (Wildman–Crippen LogP) is 3.56. The Bertz CT molecular complexity index is 658. The number of ketones is 1. The molecule has 1 heterocycles. The maximum atomic E-state index is 11.9. The fourth-order valence-corrected chi connectivity index (χ4v) is 2.26. The largest absolute Gasteiger partial charge is 0.487 e. The number of nitro groups is 1. The number of carbonyl (C=O) groups excluding carboxylic acids is 1. The van der Waals surface area contributed by atoms with E-state index in [4.69, 9.17) is 4.74 Å². The van der Waals surface area contributed by atoms with E-state index in [9.17, 15) is 14.9 Å². The second kappa shape index (κ2) is 6.12. The van der Waals surface area contributed by atoms with E-state index >= 15 is 0 Å². The van der Waals surface area contributed by atoms with Crippen LogP contribution in [-0.2, 0) is 0 Å². The molecule has 0 atom stereocenters. The van der Waals surface area contributed by atoms with Crippen LogP contribution < -0.4 is 4.74 Å². The summed E-state index contributed by atoms with van der Waals surface area (Å²) in [6.07, 6.45) is 3.06. The standard InChI is InChI=1S/C14H11NO4S/c1-19-14-9-8-13(20-14)12(16)7-4-10-2-5-11(6-3-10)15(17)18/h2-9H,1H3. The minimum Gasteiger partial charge on any atom is -0.487 e. The zero-order chi connectivity index (χ0) is 14.5. The molecule has 0 N–H and O–H groups in total. The van der Waals surface area contributed by atoms with Crippen molar-refractivity contribution < 1.29 is 14.5 Å². The minimum absolute atomic E-state index is 0.0245. The van der Waals surface area contributed by atoms with Gasteiger partial charge in [-0.3, -0.25) is 14.9 Å². The van der Waals surface area contributed by atoms with Crippen molar-refractivity contribution in [2.75, 3.05) is 7.11 Å². The second-order valence-corrected chi connectivity index (χ2v) is 4.92. The number of ether oxygens (including phenoxy) is 1. The summed E-state index contributed by atoms with van der Waals surface area (Å²) in [5.74, 6) is -0.128. The Morgan fingerprint density at radius 1 is 1.25 bits per heavy atom. The number of nitro benzene ring substituents is 1. The molecule has 0 aliphatic rings. The average Bonchev–Trinajstić information content (AvgIpc) is 2.94. The summed E-state index contributed by atoms with van der Waals surface area (Å²) in [5.41, 5.74) is 0.754. The fraction of sp³-hybridized carbons (Fsp3) is 0.0714. The van der Waals surface area contributed by atoms with Gasteiger partial charge in [0.15, 0.2) is 10.8 Å². The Labute approximate surface area is 119 Å². The first-order valence-corrected chi connectivity index (χ1v) is 6.52. The number of non-ortho nitro benzene ring substituents is 1. The van der Waals surface area contributed by atoms with Crippen LogP contribution in [0.15, 0.2) is 42.5 Å². The Morgan fingerprint density at radius 3 is 2.50 bits per heavy atom. The molecule has 6 heteroatoms. The number of carbonyl (C=O) groups is 1. The van der Waals surface area contributed by atoms with Crippen LogP contribution >= 0.6 is 11.3 Å². The SMILES string of the molecule is COc1ccc(C(=O)C=Cc2ccc([N+](=O)[O-])cc2)s1. The van der Waals surface area contributed by atoms with Gasteiger partial charge < -0.3 is 4.74 Å². The summed E-state index contributed by atoms with van der Waals surface area (Å²) >= 11 is 1.27. The number of allylic oxidation sites excluding steroid dienone is 1. The quantitative estimate of drug-likeness (QED) is 0.365. The van der Waals surface area contributed by atoms with Gasteiger partial charge in [0.25, 0.3) is 5.69 Å². The third-order valence-corrected chi connectivity index (χ3v) is 3.62. The third kappa shape index (κ3) is 3.30. The molecule has 0 aliphatic carbocycles. The van der Waals surface area contributed by atoms with Crippen LogP contribution in [0.5, 0.6) is 5.06 Å². The first-order valence-electron chi connectivity index (χ1n) is 5.71. The molecular formula is C14H11NO4S. The highest BCUT2D eigenvalue weighted by atomic mass is 32.1. The van der Waals surface area contributed by atoms with Crippen LogP contribution in [-0.4, -0.2) is 17.8 Å². The van der Waals surface area contributed by atoms with E-state index in [1.54, 1.807) is 37.5 Å². The fourth-order valence-electron chi connectivity index (χ4n) is 1.52. The minimum atomic E-state index is -0.462. The van der Waals surface area contributed by atoms with Crippen LogP contribution in [0.3, 0.4) is 0 Å². The molecular weight excluding hydrogens is 278 g/mol. The average molecular weight is 289 g/mol. The van der Waals surface area contributed by atoms with E-state index < -0.39 is 4.92 Å². The van der Waals surface area contributed by atoms with Gasteiger partial charge in [-0.2, -0.15) is 0 Å². The molecule has 102 valence electrons. The Morgan fingerprint density at radius 2 is 1.95 bits per heavy atom. The van der Waals surface area contributed by atoms with Gasteiger partial charge in [-0.15, -0.1) is 0 Å². The number of hydrogen-bond acceptors (Lipinski definition) is 5. The van der Waals surface area contributed by atoms with Gasteiger partial charge in [0.05, 0.1) is 16.9 Å². The summed E-state index contributed by atoms with van der Waals surface area (Å²) in [7, 11) is 1.55. The molecule has 1 aromatic heterocycles. The van der Waals surface area contributed by atoms with Gasteiger partial charge in [-0.25, -0.2) is 0 Å². The highest BCUT2D eigenvalue weighted by Crippen LogP contribution is 2.24. The second-order valence-electron chi connectivity index (χ2n) is 3.87. The van der Waals surface area contributed by atoms with E-state index in [1.807, 2.05) is 0 Å². The van der Waals surface area contributed by atoms with E-state index in [2.05, 4.69) is 0 Å². The van der Waals surface area contributed by atoms with Crippen molar-refractivity contribution in [1.29, 1.82) is 0 Å². The van der Waals surface area contributed by atoms with Gasteiger partial charge in [-0.1, -0.05) is 17.4 Å². The smallest absolute Gasteiger partial charge is 0.269 e. The predicted molar refractivity (Wildman–Crippen MR) is 77.3 cm³/mol. The molecule has 2 rings (SSSR count). The van der Waals surface area contributed by atoms with Crippen LogP contribution in [0.25, 0.3) is 6.08 Å². The number of methoxy groups -OCH3 is 1. The monoisotopic (exact) mass is 289 g/mol. The van der Waals surface area contributed by atoms with Crippen LogP contribution in [0, 0.1) is 10.1 Å².